The molecular weight excluding hydrogens is 324 g/mol. The minimum Gasteiger partial charge on any atom is -0.384 e. The molecule has 4 rings (SSSR count). The minimum atomic E-state index is -0.0511. The van der Waals surface area contributed by atoms with Gasteiger partial charge in [-0.05, 0) is 30.2 Å². The van der Waals surface area contributed by atoms with E-state index in [1.54, 1.807) is 12.4 Å². The summed E-state index contributed by atoms with van der Waals surface area (Å²) >= 11 is 0. The van der Waals surface area contributed by atoms with Gasteiger partial charge >= 0.3 is 0 Å². The van der Waals surface area contributed by atoms with Gasteiger partial charge in [0.2, 0.25) is 0 Å². The van der Waals surface area contributed by atoms with Gasteiger partial charge in [-0.1, -0.05) is 30.3 Å². The summed E-state index contributed by atoms with van der Waals surface area (Å²) in [5.74, 6) is -0.0511. The largest absolute Gasteiger partial charge is 0.384 e. The Kier molecular flexibility index (Phi) is 4.60. The van der Waals surface area contributed by atoms with E-state index < -0.39 is 0 Å². The van der Waals surface area contributed by atoms with E-state index in [1.165, 1.54) is 5.56 Å². The summed E-state index contributed by atoms with van der Waals surface area (Å²) in [4.78, 5) is 21.2. The lowest BCUT2D eigenvalue weighted by Gasteiger charge is -2.21. The maximum absolute atomic E-state index is 12.4. The number of nitrogens with one attached hydrogen (secondary N) is 2. The first-order valence-corrected chi connectivity index (χ1v) is 8.81. The molecule has 26 heavy (non-hydrogen) atoms. The average molecular weight is 344 g/mol. The number of pyridine rings is 2. The van der Waals surface area contributed by atoms with Crippen LogP contribution in [-0.4, -0.2) is 29.0 Å². The third-order valence-electron chi connectivity index (χ3n) is 4.52. The molecule has 0 atom stereocenters. The zero-order valence-electron chi connectivity index (χ0n) is 14.4. The normalized spacial score (nSPS) is 13.0. The summed E-state index contributed by atoms with van der Waals surface area (Å²) in [6, 6.07) is 16.1. The van der Waals surface area contributed by atoms with Crippen molar-refractivity contribution in [2.45, 2.75) is 12.8 Å². The SMILES string of the molecule is O=C1NCCc2nc(-c3ccccc3)cc(NCCc3ccncc3)c21. The summed E-state index contributed by atoms with van der Waals surface area (Å²) in [7, 11) is 0. The quantitative estimate of drug-likeness (QED) is 0.746. The lowest BCUT2D eigenvalue weighted by atomic mass is 10.0. The van der Waals surface area contributed by atoms with Gasteiger partial charge in [-0.25, -0.2) is 0 Å². The number of rotatable bonds is 5. The molecule has 1 aliphatic heterocycles. The zero-order valence-corrected chi connectivity index (χ0v) is 14.4. The highest BCUT2D eigenvalue weighted by molar-refractivity contribution is 6.02. The van der Waals surface area contributed by atoms with Gasteiger partial charge in [0, 0.05) is 37.5 Å². The Bertz CT molecular complexity index is 910. The zero-order chi connectivity index (χ0) is 17.8. The lowest BCUT2D eigenvalue weighted by Crippen LogP contribution is -2.33. The number of anilines is 1. The number of aromatic nitrogens is 2. The van der Waals surface area contributed by atoms with Crippen LogP contribution in [0, 0.1) is 0 Å². The van der Waals surface area contributed by atoms with Crippen LogP contribution in [0.4, 0.5) is 5.69 Å². The van der Waals surface area contributed by atoms with E-state index in [0.29, 0.717) is 12.1 Å². The maximum Gasteiger partial charge on any atom is 0.255 e. The highest BCUT2D eigenvalue weighted by Crippen LogP contribution is 2.28. The van der Waals surface area contributed by atoms with E-state index in [2.05, 4.69) is 15.6 Å². The topological polar surface area (TPSA) is 66.9 Å². The number of benzene rings is 1. The van der Waals surface area contributed by atoms with E-state index in [0.717, 1.165) is 42.0 Å². The number of carbonyl (C=O) groups is 1. The predicted molar refractivity (Wildman–Crippen MR) is 102 cm³/mol. The second-order valence-electron chi connectivity index (χ2n) is 6.28. The van der Waals surface area contributed by atoms with Crippen LogP contribution in [0.1, 0.15) is 21.6 Å². The molecule has 5 nitrogen and oxygen atoms in total. The molecule has 0 spiro atoms. The molecule has 0 radical (unpaired) electrons. The second kappa shape index (κ2) is 7.35. The monoisotopic (exact) mass is 344 g/mol. The van der Waals surface area contributed by atoms with E-state index in [-0.39, 0.29) is 5.91 Å². The van der Waals surface area contributed by atoms with Crippen LogP contribution in [0.5, 0.6) is 0 Å². The molecule has 5 heteroatoms. The molecule has 1 amide bonds. The Morgan fingerprint density at radius 2 is 1.88 bits per heavy atom. The standard InChI is InChI=1S/C21H20N4O/c26-21-20-17(9-13-24-21)25-18(16-4-2-1-3-5-16)14-19(20)23-12-8-15-6-10-22-11-7-15/h1-7,10-11,14H,8-9,12-13H2,(H,23,25)(H,24,26). The van der Waals surface area contributed by atoms with Gasteiger partial charge in [-0.3, -0.25) is 14.8 Å². The van der Waals surface area contributed by atoms with Crippen molar-refractivity contribution in [3.8, 4) is 11.3 Å². The Labute approximate surface area is 152 Å². The minimum absolute atomic E-state index is 0.0511. The van der Waals surface area contributed by atoms with Crippen LogP contribution >= 0.6 is 0 Å². The molecule has 0 fully saturated rings. The molecule has 0 saturated carbocycles. The van der Waals surface area contributed by atoms with Crippen molar-refractivity contribution < 1.29 is 4.79 Å². The van der Waals surface area contributed by atoms with Crippen LogP contribution < -0.4 is 10.6 Å². The molecule has 0 unspecified atom stereocenters. The van der Waals surface area contributed by atoms with Gasteiger partial charge in [-0.2, -0.15) is 0 Å². The van der Waals surface area contributed by atoms with Crippen molar-refractivity contribution in [2.24, 2.45) is 0 Å². The fourth-order valence-electron chi connectivity index (χ4n) is 3.20. The van der Waals surface area contributed by atoms with Crippen molar-refractivity contribution in [2.75, 3.05) is 18.4 Å². The maximum atomic E-state index is 12.4. The fourth-order valence-corrected chi connectivity index (χ4v) is 3.20. The second-order valence-corrected chi connectivity index (χ2v) is 6.28. The Balaban J connectivity index is 1.64. The first-order chi connectivity index (χ1) is 12.8. The van der Waals surface area contributed by atoms with E-state index in [9.17, 15) is 4.79 Å². The third-order valence-corrected chi connectivity index (χ3v) is 4.52. The molecular formula is C21H20N4O. The smallest absolute Gasteiger partial charge is 0.255 e. The van der Waals surface area contributed by atoms with Crippen LogP contribution in [0.3, 0.4) is 0 Å². The van der Waals surface area contributed by atoms with Crippen LogP contribution in [0.25, 0.3) is 11.3 Å². The molecule has 2 aromatic heterocycles. The van der Waals surface area contributed by atoms with Gasteiger partial charge < -0.3 is 10.6 Å². The first-order valence-electron chi connectivity index (χ1n) is 8.81. The number of hydrogen-bond donors (Lipinski definition) is 2. The lowest BCUT2D eigenvalue weighted by molar-refractivity contribution is 0.0946. The van der Waals surface area contributed by atoms with E-state index in [4.69, 9.17) is 4.98 Å². The summed E-state index contributed by atoms with van der Waals surface area (Å²) in [5.41, 5.74) is 5.54. The molecule has 0 aliphatic carbocycles. The summed E-state index contributed by atoms with van der Waals surface area (Å²) in [6.45, 7) is 1.37. The molecule has 1 aromatic carbocycles. The summed E-state index contributed by atoms with van der Waals surface area (Å²) in [5, 5.41) is 6.36. The van der Waals surface area contributed by atoms with Crippen LogP contribution in [-0.2, 0) is 12.8 Å². The molecule has 1 aliphatic rings. The van der Waals surface area contributed by atoms with Crippen LogP contribution in [0.2, 0.25) is 0 Å². The molecule has 3 heterocycles. The van der Waals surface area contributed by atoms with Crippen molar-refractivity contribution >= 4 is 11.6 Å². The van der Waals surface area contributed by atoms with Crippen molar-refractivity contribution in [3.05, 3.63) is 77.7 Å². The number of carbonyl (C=O) groups excluding carboxylic acids is 1. The molecule has 0 saturated heterocycles. The highest BCUT2D eigenvalue weighted by Gasteiger charge is 2.23. The number of amides is 1. The van der Waals surface area contributed by atoms with Crippen molar-refractivity contribution in [1.29, 1.82) is 0 Å². The number of hydrogen-bond acceptors (Lipinski definition) is 4. The summed E-state index contributed by atoms with van der Waals surface area (Å²) in [6.07, 6.45) is 5.21. The third kappa shape index (κ3) is 3.42. The number of nitrogens with zero attached hydrogens (tertiary/aromatic N) is 2. The van der Waals surface area contributed by atoms with Gasteiger partial charge in [0.05, 0.1) is 22.6 Å². The Hall–Kier alpha value is -3.21. The molecule has 130 valence electrons. The van der Waals surface area contributed by atoms with E-state index >= 15 is 0 Å². The van der Waals surface area contributed by atoms with Gasteiger partial charge in [-0.15, -0.1) is 0 Å². The Morgan fingerprint density at radius 1 is 1.08 bits per heavy atom. The van der Waals surface area contributed by atoms with Crippen molar-refractivity contribution in [1.82, 2.24) is 15.3 Å². The van der Waals surface area contributed by atoms with Gasteiger partial charge in [0.1, 0.15) is 0 Å². The molecule has 3 aromatic rings. The van der Waals surface area contributed by atoms with Gasteiger partial charge in [0.25, 0.3) is 5.91 Å². The summed E-state index contributed by atoms with van der Waals surface area (Å²) < 4.78 is 0. The van der Waals surface area contributed by atoms with Crippen molar-refractivity contribution in [3.63, 3.8) is 0 Å². The Morgan fingerprint density at radius 3 is 2.69 bits per heavy atom. The fraction of sp³-hybridized carbons (Fsp3) is 0.190. The first kappa shape index (κ1) is 16.3. The number of fused-ring (bicyclic) bond motifs is 1. The molecule has 2 N–H and O–H groups in total. The average Bonchev–Trinajstić information content (AvgIpc) is 2.69. The van der Waals surface area contributed by atoms with Gasteiger partial charge in [0.15, 0.2) is 0 Å². The highest BCUT2D eigenvalue weighted by atomic mass is 16.1. The van der Waals surface area contributed by atoms with Crippen LogP contribution in [0.15, 0.2) is 60.9 Å². The molecule has 0 bridgehead atoms. The van der Waals surface area contributed by atoms with E-state index in [1.807, 2.05) is 48.5 Å². The predicted octanol–water partition coefficient (Wildman–Crippen LogP) is 3.08.